The second-order valence-corrected chi connectivity index (χ2v) is 8.24. The highest BCUT2D eigenvalue weighted by Gasteiger charge is 2.38. The lowest BCUT2D eigenvalue weighted by molar-refractivity contribution is -0.137. The fraction of sp³-hybridized carbons (Fsp3) is 0.160. The Hall–Kier alpha value is -4.74. The van der Waals surface area contributed by atoms with E-state index in [1.54, 1.807) is 24.3 Å². The number of ketones is 1. The summed E-state index contributed by atoms with van der Waals surface area (Å²) < 4.78 is 53.7. The van der Waals surface area contributed by atoms with Gasteiger partial charge < -0.3 is 25.1 Å². The number of methoxy groups -OCH3 is 1. The number of hydrogen-bond acceptors (Lipinski definition) is 5. The summed E-state index contributed by atoms with van der Waals surface area (Å²) in [6.45, 7) is 0. The third-order valence-corrected chi connectivity index (χ3v) is 5.85. The van der Waals surface area contributed by atoms with E-state index in [1.807, 2.05) is 0 Å². The Kier molecular flexibility index (Phi) is 5.66. The number of H-pyrrole nitrogens is 1. The molecule has 0 bridgehead atoms. The monoisotopic (exact) mass is 511 g/mol. The van der Waals surface area contributed by atoms with Crippen LogP contribution in [0.25, 0.3) is 28.4 Å². The molecule has 0 aliphatic carbocycles. The second kappa shape index (κ2) is 8.73. The van der Waals surface area contributed by atoms with Crippen LogP contribution in [0.2, 0.25) is 0 Å². The zero-order chi connectivity index (χ0) is 26.5. The van der Waals surface area contributed by atoms with Crippen LogP contribution in [0.3, 0.4) is 0 Å². The van der Waals surface area contributed by atoms with E-state index < -0.39 is 23.6 Å². The Morgan fingerprint density at radius 2 is 2.00 bits per heavy atom. The summed E-state index contributed by atoms with van der Waals surface area (Å²) in [6.07, 6.45) is -2.38. The summed E-state index contributed by atoms with van der Waals surface area (Å²) in [7, 11) is 4.32. The first-order valence-corrected chi connectivity index (χ1v) is 11.0. The van der Waals surface area contributed by atoms with Crippen molar-refractivity contribution in [2.75, 3.05) is 19.5 Å². The van der Waals surface area contributed by atoms with Gasteiger partial charge in [0.2, 0.25) is 5.78 Å². The number of hydrogen-bond donors (Lipinski definition) is 3. The molecular formula is C25H20F3N5O4. The lowest BCUT2D eigenvalue weighted by Crippen LogP contribution is -2.24. The number of aromatic amines is 1. The molecule has 37 heavy (non-hydrogen) atoms. The van der Waals surface area contributed by atoms with Crippen LogP contribution in [-0.4, -0.2) is 40.7 Å². The lowest BCUT2D eigenvalue weighted by Gasteiger charge is -2.07. The first-order valence-electron chi connectivity index (χ1n) is 11.0. The van der Waals surface area contributed by atoms with E-state index in [9.17, 15) is 22.8 Å². The second-order valence-electron chi connectivity index (χ2n) is 8.24. The van der Waals surface area contributed by atoms with Crippen molar-refractivity contribution in [3.63, 3.8) is 0 Å². The number of carbonyl (C=O) groups is 2. The van der Waals surface area contributed by atoms with E-state index in [0.717, 1.165) is 10.9 Å². The van der Waals surface area contributed by atoms with Crippen LogP contribution in [0.15, 0.2) is 48.4 Å². The quantitative estimate of drug-likeness (QED) is 0.336. The Morgan fingerprint density at radius 3 is 2.70 bits per heavy atom. The number of benzene rings is 2. The van der Waals surface area contributed by atoms with Gasteiger partial charge in [-0.15, -0.1) is 0 Å². The third kappa shape index (κ3) is 4.26. The molecule has 2 aromatic heterocycles. The number of nitrogens with zero attached hydrogens (tertiary/aromatic N) is 2. The maximum Gasteiger partial charge on any atom is 0.420 e. The van der Waals surface area contributed by atoms with Crippen LogP contribution in [0.4, 0.5) is 23.7 Å². The van der Waals surface area contributed by atoms with Gasteiger partial charge in [0.15, 0.2) is 5.76 Å². The first-order chi connectivity index (χ1) is 17.6. The molecule has 1 aliphatic heterocycles. The van der Waals surface area contributed by atoms with E-state index in [0.29, 0.717) is 22.3 Å². The molecule has 4 aromatic rings. The summed E-state index contributed by atoms with van der Waals surface area (Å²) in [5, 5.41) is 9.56. The number of allylic oxidation sites excluding steroid dienone is 1. The van der Waals surface area contributed by atoms with Crippen molar-refractivity contribution >= 4 is 34.5 Å². The topological polar surface area (TPSA) is 110 Å². The Morgan fingerprint density at radius 1 is 1.22 bits per heavy atom. The number of rotatable bonds is 4. The van der Waals surface area contributed by atoms with Gasteiger partial charge in [-0.2, -0.15) is 18.3 Å². The minimum atomic E-state index is -4.66. The SMILES string of the molecule is CNC(=O)Nc1ccc2c(c1)C(=O)C(=Cc1c(-c3nn(C)cc3C(F)(F)F)[nH]c3ccc(OC)cc13)O2. The maximum absolute atomic E-state index is 13.8. The molecule has 0 fully saturated rings. The van der Waals surface area contributed by atoms with Gasteiger partial charge in [-0.1, -0.05) is 0 Å². The normalized spacial score (nSPS) is 14.1. The largest absolute Gasteiger partial charge is 0.497 e. The van der Waals surface area contributed by atoms with Crippen molar-refractivity contribution in [3.8, 4) is 22.9 Å². The Labute approximate surface area is 207 Å². The van der Waals surface area contributed by atoms with Gasteiger partial charge in [0.25, 0.3) is 0 Å². The maximum atomic E-state index is 13.8. The van der Waals surface area contributed by atoms with Crippen molar-refractivity contribution in [3.05, 3.63) is 65.0 Å². The molecule has 0 saturated heterocycles. The highest BCUT2D eigenvalue weighted by atomic mass is 19.4. The highest BCUT2D eigenvalue weighted by Crippen LogP contribution is 2.41. The van der Waals surface area contributed by atoms with E-state index >= 15 is 0 Å². The van der Waals surface area contributed by atoms with E-state index in [1.165, 1.54) is 39.4 Å². The summed E-state index contributed by atoms with van der Waals surface area (Å²) in [6, 6.07) is 9.07. The molecule has 190 valence electrons. The zero-order valence-electron chi connectivity index (χ0n) is 19.8. The molecule has 3 heterocycles. The van der Waals surface area contributed by atoms with Crippen LogP contribution in [0.1, 0.15) is 21.5 Å². The van der Waals surface area contributed by atoms with Crippen molar-refractivity contribution in [2.45, 2.75) is 6.18 Å². The molecule has 0 saturated carbocycles. The standard InChI is InChI=1S/C25H20F3N5O4/c1-29-24(35)30-12-4-7-19-16(8-12)23(34)20(37-19)10-15-14-9-13(36-3)5-6-18(14)31-21(15)22-17(25(26,27)28)11-33(2)32-22/h4-11,31H,1-3H3,(H2,29,30,35). The molecule has 0 atom stereocenters. The molecular weight excluding hydrogens is 491 g/mol. The van der Waals surface area contributed by atoms with Crippen LogP contribution in [0.5, 0.6) is 11.5 Å². The van der Waals surface area contributed by atoms with Crippen LogP contribution < -0.4 is 20.1 Å². The minimum absolute atomic E-state index is 0.0676. The van der Waals surface area contributed by atoms with Crippen LogP contribution >= 0.6 is 0 Å². The van der Waals surface area contributed by atoms with E-state index in [2.05, 4.69) is 20.7 Å². The number of carbonyl (C=O) groups excluding carboxylic acids is 2. The number of Topliss-reactive ketones (excluding diaryl/α,β-unsaturated/α-hetero) is 1. The smallest absolute Gasteiger partial charge is 0.420 e. The fourth-order valence-corrected chi connectivity index (χ4v) is 4.13. The molecule has 0 radical (unpaired) electrons. The highest BCUT2D eigenvalue weighted by molar-refractivity contribution is 6.16. The van der Waals surface area contributed by atoms with Gasteiger partial charge in [-0.05, 0) is 42.5 Å². The summed E-state index contributed by atoms with van der Waals surface area (Å²) in [5.41, 5.74) is 0.180. The number of aromatic nitrogens is 3. The number of alkyl halides is 3. The molecule has 2 amide bonds. The number of fused-ring (bicyclic) bond motifs is 2. The van der Waals surface area contributed by atoms with Crippen LogP contribution in [0, 0.1) is 0 Å². The van der Waals surface area contributed by atoms with Crippen molar-refractivity contribution in [1.82, 2.24) is 20.1 Å². The molecule has 5 rings (SSSR count). The molecule has 9 nitrogen and oxygen atoms in total. The number of amides is 2. The van der Waals surface area contributed by atoms with Gasteiger partial charge in [-0.25, -0.2) is 4.79 Å². The average molecular weight is 511 g/mol. The summed E-state index contributed by atoms with van der Waals surface area (Å²) in [5.74, 6) is 0.144. The predicted octanol–water partition coefficient (Wildman–Crippen LogP) is 4.96. The molecule has 0 unspecified atom stereocenters. The third-order valence-electron chi connectivity index (χ3n) is 5.85. The first kappa shape index (κ1) is 24.0. The van der Waals surface area contributed by atoms with E-state index in [-0.39, 0.29) is 34.0 Å². The van der Waals surface area contributed by atoms with Crippen molar-refractivity contribution < 1.29 is 32.2 Å². The van der Waals surface area contributed by atoms with Crippen molar-refractivity contribution in [2.24, 2.45) is 7.05 Å². The lowest BCUT2D eigenvalue weighted by atomic mass is 10.0. The number of halogens is 3. The molecule has 12 heteroatoms. The number of aryl methyl sites for hydroxylation is 1. The predicted molar refractivity (Wildman–Crippen MR) is 130 cm³/mol. The fourth-order valence-electron chi connectivity index (χ4n) is 4.13. The Bertz CT molecular complexity index is 1600. The molecule has 3 N–H and O–H groups in total. The van der Waals surface area contributed by atoms with Gasteiger partial charge >= 0.3 is 12.2 Å². The summed E-state index contributed by atoms with van der Waals surface area (Å²) >= 11 is 0. The van der Waals surface area contributed by atoms with Crippen LogP contribution in [-0.2, 0) is 13.2 Å². The number of anilines is 1. The Balaban J connectivity index is 1.66. The molecule has 2 aromatic carbocycles. The van der Waals surface area contributed by atoms with E-state index in [4.69, 9.17) is 9.47 Å². The average Bonchev–Trinajstić information content (AvgIpc) is 3.52. The van der Waals surface area contributed by atoms with Gasteiger partial charge in [0.1, 0.15) is 22.8 Å². The minimum Gasteiger partial charge on any atom is -0.497 e. The summed E-state index contributed by atoms with van der Waals surface area (Å²) in [4.78, 5) is 27.9. The van der Waals surface area contributed by atoms with Gasteiger partial charge in [-0.3, -0.25) is 9.48 Å². The number of ether oxygens (including phenoxy) is 2. The van der Waals surface area contributed by atoms with Gasteiger partial charge in [0.05, 0.1) is 18.4 Å². The van der Waals surface area contributed by atoms with Gasteiger partial charge in [0, 0.05) is 42.4 Å². The molecule has 1 aliphatic rings. The van der Waals surface area contributed by atoms with Crippen molar-refractivity contribution in [1.29, 1.82) is 0 Å². The number of urea groups is 1. The zero-order valence-corrected chi connectivity index (χ0v) is 19.8. The number of nitrogens with one attached hydrogen (secondary N) is 3. The molecule has 0 spiro atoms.